The topological polar surface area (TPSA) is 87.2 Å². The van der Waals surface area contributed by atoms with Gasteiger partial charge in [-0.3, -0.25) is 4.79 Å². The number of hydrogen-bond donors (Lipinski definition) is 0. The summed E-state index contributed by atoms with van der Waals surface area (Å²) in [5.74, 6) is 0.914. The Morgan fingerprint density at radius 1 is 0.914 bits per heavy atom. The van der Waals surface area contributed by atoms with Crippen LogP contribution < -0.4 is 4.90 Å². The standard InChI is InChI=1S/C26H41N3O5S/c1-3-4-20-34-26(31)29-18-16-27(17-19-29)24-10-8-23(9-11-24)25(30)28-14-12-22(13-15-28)7-5-6-21-35(2,32)33/h8-11,22H,3-7,12-21H2,1-2H3. The van der Waals surface area contributed by atoms with Gasteiger partial charge >= 0.3 is 6.09 Å². The Morgan fingerprint density at radius 3 is 2.17 bits per heavy atom. The van der Waals surface area contributed by atoms with E-state index in [0.717, 1.165) is 76.8 Å². The Morgan fingerprint density at radius 2 is 1.57 bits per heavy atom. The van der Waals surface area contributed by atoms with E-state index in [1.54, 1.807) is 4.90 Å². The van der Waals surface area contributed by atoms with Gasteiger partial charge in [-0.1, -0.05) is 26.2 Å². The largest absolute Gasteiger partial charge is 0.449 e. The number of piperazine rings is 1. The molecule has 0 atom stereocenters. The van der Waals surface area contributed by atoms with Crippen molar-refractivity contribution in [3.8, 4) is 0 Å². The lowest BCUT2D eigenvalue weighted by atomic mass is 9.91. The first-order chi connectivity index (χ1) is 16.8. The molecule has 0 saturated carbocycles. The summed E-state index contributed by atoms with van der Waals surface area (Å²) in [5.41, 5.74) is 1.77. The summed E-state index contributed by atoms with van der Waals surface area (Å²) < 4.78 is 27.8. The van der Waals surface area contributed by atoms with Gasteiger partial charge in [0.25, 0.3) is 5.91 Å². The normalized spacial score (nSPS) is 17.5. The molecule has 8 nitrogen and oxygen atoms in total. The molecule has 35 heavy (non-hydrogen) atoms. The first kappa shape index (κ1) is 27.3. The van der Waals surface area contributed by atoms with Crippen LogP contribution in [0.4, 0.5) is 10.5 Å². The van der Waals surface area contributed by atoms with E-state index >= 15 is 0 Å². The van der Waals surface area contributed by atoms with Gasteiger partial charge in [0.15, 0.2) is 0 Å². The molecule has 2 heterocycles. The third-order valence-electron chi connectivity index (χ3n) is 7.02. The van der Waals surface area contributed by atoms with E-state index in [1.165, 1.54) is 6.26 Å². The molecule has 0 unspecified atom stereocenters. The number of hydrogen-bond acceptors (Lipinski definition) is 6. The Bertz CT molecular complexity index is 919. The van der Waals surface area contributed by atoms with Gasteiger partial charge in [-0.05, 0) is 55.9 Å². The average molecular weight is 508 g/mol. The quantitative estimate of drug-likeness (QED) is 0.448. The molecule has 0 aliphatic carbocycles. The molecule has 2 saturated heterocycles. The minimum Gasteiger partial charge on any atom is -0.449 e. The summed E-state index contributed by atoms with van der Waals surface area (Å²) in [6.45, 7) is 6.82. The Balaban J connectivity index is 1.40. The molecule has 2 fully saturated rings. The van der Waals surface area contributed by atoms with Crippen molar-refractivity contribution >= 4 is 27.5 Å². The number of rotatable bonds is 10. The molecule has 9 heteroatoms. The Labute approximate surface area is 210 Å². The van der Waals surface area contributed by atoms with Gasteiger partial charge < -0.3 is 19.4 Å². The molecule has 196 valence electrons. The predicted octanol–water partition coefficient (Wildman–Crippen LogP) is 3.81. The van der Waals surface area contributed by atoms with Crippen molar-refractivity contribution in [2.75, 3.05) is 62.8 Å². The second kappa shape index (κ2) is 13.1. The number of amides is 2. The van der Waals surface area contributed by atoms with Gasteiger partial charge in [-0.25, -0.2) is 13.2 Å². The van der Waals surface area contributed by atoms with Gasteiger partial charge in [-0.2, -0.15) is 0 Å². The van der Waals surface area contributed by atoms with E-state index in [4.69, 9.17) is 4.74 Å². The smallest absolute Gasteiger partial charge is 0.409 e. The lowest BCUT2D eigenvalue weighted by Gasteiger charge is -2.35. The van der Waals surface area contributed by atoms with Gasteiger partial charge in [0, 0.05) is 62.5 Å². The number of likely N-dealkylation sites (tertiary alicyclic amines) is 1. The molecule has 0 N–H and O–H groups in total. The third-order valence-corrected chi connectivity index (χ3v) is 8.05. The fourth-order valence-electron chi connectivity index (χ4n) is 4.76. The van der Waals surface area contributed by atoms with E-state index in [1.807, 2.05) is 29.2 Å². The zero-order chi connectivity index (χ0) is 25.3. The molecule has 0 radical (unpaired) electrons. The van der Waals surface area contributed by atoms with E-state index in [2.05, 4.69) is 11.8 Å². The maximum atomic E-state index is 13.0. The summed E-state index contributed by atoms with van der Waals surface area (Å²) in [6, 6.07) is 7.80. The van der Waals surface area contributed by atoms with E-state index in [0.29, 0.717) is 31.2 Å². The summed E-state index contributed by atoms with van der Waals surface area (Å²) >= 11 is 0. The van der Waals surface area contributed by atoms with Crippen LogP contribution in [0.3, 0.4) is 0 Å². The summed E-state index contributed by atoms with van der Waals surface area (Å²) in [6.07, 6.45) is 7.62. The number of carbonyl (C=O) groups is 2. The maximum Gasteiger partial charge on any atom is 0.409 e. The van der Waals surface area contributed by atoms with Crippen LogP contribution in [0.1, 0.15) is 62.2 Å². The van der Waals surface area contributed by atoms with Crippen LogP contribution in [0.15, 0.2) is 24.3 Å². The van der Waals surface area contributed by atoms with Crippen molar-refractivity contribution in [1.29, 1.82) is 0 Å². The molecule has 0 bridgehead atoms. The van der Waals surface area contributed by atoms with E-state index < -0.39 is 9.84 Å². The van der Waals surface area contributed by atoms with Crippen molar-refractivity contribution < 1.29 is 22.7 Å². The van der Waals surface area contributed by atoms with Crippen LogP contribution >= 0.6 is 0 Å². The predicted molar refractivity (Wildman–Crippen MR) is 139 cm³/mol. The van der Waals surface area contributed by atoms with Crippen LogP contribution in [0.25, 0.3) is 0 Å². The molecule has 1 aromatic carbocycles. The number of benzene rings is 1. The number of ether oxygens (including phenoxy) is 1. The van der Waals surface area contributed by atoms with Gasteiger partial charge in [0.1, 0.15) is 9.84 Å². The van der Waals surface area contributed by atoms with Crippen LogP contribution in [0.5, 0.6) is 0 Å². The highest BCUT2D eigenvalue weighted by Gasteiger charge is 2.25. The monoisotopic (exact) mass is 507 g/mol. The molecule has 2 amide bonds. The second-order valence-corrected chi connectivity index (χ2v) is 12.1. The first-order valence-electron chi connectivity index (χ1n) is 13.0. The molecule has 3 rings (SSSR count). The molecule has 0 spiro atoms. The molecule has 2 aliphatic heterocycles. The zero-order valence-corrected chi connectivity index (χ0v) is 22.1. The number of carbonyl (C=O) groups excluding carboxylic acids is 2. The van der Waals surface area contributed by atoms with Crippen LogP contribution in [-0.4, -0.2) is 88.1 Å². The lowest BCUT2D eigenvalue weighted by Crippen LogP contribution is -2.49. The van der Waals surface area contributed by atoms with Gasteiger partial charge in [0.05, 0.1) is 6.61 Å². The number of unbranched alkanes of at least 4 members (excludes halogenated alkanes) is 2. The summed E-state index contributed by atoms with van der Waals surface area (Å²) in [4.78, 5) is 31.0. The number of nitrogens with zero attached hydrogens (tertiary/aromatic N) is 3. The van der Waals surface area contributed by atoms with E-state index in [-0.39, 0.29) is 17.8 Å². The minimum absolute atomic E-state index is 0.0757. The van der Waals surface area contributed by atoms with Crippen molar-refractivity contribution in [2.45, 2.75) is 51.9 Å². The third kappa shape index (κ3) is 8.70. The van der Waals surface area contributed by atoms with Crippen molar-refractivity contribution in [3.63, 3.8) is 0 Å². The number of piperidine rings is 1. The first-order valence-corrected chi connectivity index (χ1v) is 15.1. The highest BCUT2D eigenvalue weighted by Crippen LogP contribution is 2.25. The Hall–Kier alpha value is -2.29. The number of anilines is 1. The summed E-state index contributed by atoms with van der Waals surface area (Å²) in [7, 11) is -2.87. The van der Waals surface area contributed by atoms with Crippen molar-refractivity contribution in [3.05, 3.63) is 29.8 Å². The fraction of sp³-hybridized carbons (Fsp3) is 0.692. The van der Waals surface area contributed by atoms with Crippen molar-refractivity contribution in [2.24, 2.45) is 5.92 Å². The highest BCUT2D eigenvalue weighted by molar-refractivity contribution is 7.90. The number of sulfone groups is 1. The fourth-order valence-corrected chi connectivity index (χ4v) is 5.49. The second-order valence-electron chi connectivity index (χ2n) is 9.85. The van der Waals surface area contributed by atoms with E-state index in [9.17, 15) is 18.0 Å². The summed E-state index contributed by atoms with van der Waals surface area (Å²) in [5, 5.41) is 0. The molecular weight excluding hydrogens is 466 g/mol. The van der Waals surface area contributed by atoms with Crippen LogP contribution in [-0.2, 0) is 14.6 Å². The van der Waals surface area contributed by atoms with Crippen LogP contribution in [0.2, 0.25) is 0 Å². The van der Waals surface area contributed by atoms with Crippen LogP contribution in [0, 0.1) is 5.92 Å². The lowest BCUT2D eigenvalue weighted by molar-refractivity contribution is 0.0685. The molecule has 0 aromatic heterocycles. The maximum absolute atomic E-state index is 13.0. The molecular formula is C26H41N3O5S. The van der Waals surface area contributed by atoms with Gasteiger partial charge in [0.2, 0.25) is 0 Å². The molecule has 2 aliphatic rings. The average Bonchev–Trinajstić information content (AvgIpc) is 2.86. The SMILES string of the molecule is CCCCOC(=O)N1CCN(c2ccc(C(=O)N3CCC(CCCCS(C)(=O)=O)CC3)cc2)CC1. The Kier molecular flexibility index (Phi) is 10.2. The minimum atomic E-state index is -2.87. The van der Waals surface area contributed by atoms with Gasteiger partial charge in [-0.15, -0.1) is 0 Å². The molecule has 1 aromatic rings. The van der Waals surface area contributed by atoms with Crippen molar-refractivity contribution in [1.82, 2.24) is 9.80 Å². The zero-order valence-electron chi connectivity index (χ0n) is 21.3. The highest BCUT2D eigenvalue weighted by atomic mass is 32.2.